The number of hydrazone groups is 1. The first-order valence-corrected chi connectivity index (χ1v) is 8.96. The number of nitrogens with zero attached hydrogens (tertiary/aromatic N) is 1. The summed E-state index contributed by atoms with van der Waals surface area (Å²) in [4.78, 5) is 12.2. The lowest BCUT2D eigenvalue weighted by molar-refractivity contribution is 0.0955. The van der Waals surface area contributed by atoms with Crippen LogP contribution in [0.25, 0.3) is 0 Å². The van der Waals surface area contributed by atoms with Crippen molar-refractivity contribution in [1.29, 1.82) is 0 Å². The van der Waals surface area contributed by atoms with Crippen LogP contribution in [0, 0.1) is 0 Å². The number of halogens is 1. The molecule has 0 saturated heterocycles. The van der Waals surface area contributed by atoms with Gasteiger partial charge >= 0.3 is 0 Å². The number of amides is 1. The Morgan fingerprint density at radius 1 is 1.04 bits per heavy atom. The molecule has 1 amide bonds. The van der Waals surface area contributed by atoms with Crippen molar-refractivity contribution in [2.45, 2.75) is 6.61 Å². The van der Waals surface area contributed by atoms with Gasteiger partial charge < -0.3 is 9.47 Å². The highest BCUT2D eigenvalue weighted by Crippen LogP contribution is 2.17. The van der Waals surface area contributed by atoms with Crippen LogP contribution in [0.5, 0.6) is 11.5 Å². The van der Waals surface area contributed by atoms with Crippen molar-refractivity contribution in [3.63, 3.8) is 0 Å². The number of hydrogen-bond donors (Lipinski definition) is 1. The highest BCUT2D eigenvalue weighted by atomic mass is 35.5. The quantitative estimate of drug-likeness (QED) is 0.467. The first-order valence-electron chi connectivity index (χ1n) is 8.59. The topological polar surface area (TPSA) is 59.9 Å². The molecule has 0 aliphatic carbocycles. The SMILES string of the molecule is COc1cccc(COc2ccc(C(=O)N/N=C/c3cccc(Cl)c3)cc2)c1. The number of benzene rings is 3. The zero-order chi connectivity index (χ0) is 19.8. The summed E-state index contributed by atoms with van der Waals surface area (Å²) in [5.41, 5.74) is 4.77. The number of nitrogens with one attached hydrogen (secondary N) is 1. The summed E-state index contributed by atoms with van der Waals surface area (Å²) in [6.07, 6.45) is 1.54. The fourth-order valence-electron chi connectivity index (χ4n) is 2.45. The van der Waals surface area contributed by atoms with Gasteiger partial charge in [-0.2, -0.15) is 5.10 Å². The summed E-state index contributed by atoms with van der Waals surface area (Å²) < 4.78 is 10.9. The molecule has 0 spiro atoms. The maximum absolute atomic E-state index is 12.2. The van der Waals surface area contributed by atoms with E-state index in [-0.39, 0.29) is 5.91 Å². The fraction of sp³-hybridized carbons (Fsp3) is 0.0909. The van der Waals surface area contributed by atoms with Crippen LogP contribution in [0.2, 0.25) is 5.02 Å². The van der Waals surface area contributed by atoms with Crippen molar-refractivity contribution in [2.75, 3.05) is 7.11 Å². The second kappa shape index (κ2) is 9.58. The molecule has 0 fully saturated rings. The van der Waals surface area contributed by atoms with Crippen LogP contribution in [-0.4, -0.2) is 19.2 Å². The molecule has 0 aliphatic rings. The summed E-state index contributed by atoms with van der Waals surface area (Å²) in [7, 11) is 1.63. The average Bonchev–Trinajstić information content (AvgIpc) is 2.73. The number of ether oxygens (including phenoxy) is 2. The maximum Gasteiger partial charge on any atom is 0.271 e. The first kappa shape index (κ1) is 19.5. The third kappa shape index (κ3) is 5.59. The summed E-state index contributed by atoms with van der Waals surface area (Å²) in [6, 6.07) is 21.7. The third-order valence-corrected chi connectivity index (χ3v) is 4.12. The minimum Gasteiger partial charge on any atom is -0.497 e. The molecule has 3 aromatic rings. The predicted octanol–water partition coefficient (Wildman–Crippen LogP) is 4.69. The van der Waals surface area contributed by atoms with Gasteiger partial charge in [0.1, 0.15) is 18.1 Å². The van der Waals surface area contributed by atoms with Crippen molar-refractivity contribution in [3.05, 3.63) is 94.5 Å². The van der Waals surface area contributed by atoms with Gasteiger partial charge in [0.25, 0.3) is 5.91 Å². The van der Waals surface area contributed by atoms with E-state index in [0.717, 1.165) is 16.9 Å². The summed E-state index contributed by atoms with van der Waals surface area (Å²) in [5.74, 6) is 1.14. The predicted molar refractivity (Wildman–Crippen MR) is 110 cm³/mol. The van der Waals surface area contributed by atoms with Gasteiger partial charge in [0, 0.05) is 10.6 Å². The van der Waals surface area contributed by atoms with Gasteiger partial charge in [0.05, 0.1) is 13.3 Å². The largest absolute Gasteiger partial charge is 0.497 e. The van der Waals surface area contributed by atoms with Gasteiger partial charge in [0.2, 0.25) is 0 Å². The van der Waals surface area contributed by atoms with Gasteiger partial charge in [-0.3, -0.25) is 4.79 Å². The van der Waals surface area contributed by atoms with Gasteiger partial charge in [-0.05, 0) is 59.7 Å². The summed E-state index contributed by atoms with van der Waals surface area (Å²) in [5, 5.41) is 4.56. The molecule has 0 unspecified atom stereocenters. The molecule has 0 radical (unpaired) electrons. The lowest BCUT2D eigenvalue weighted by Gasteiger charge is -2.08. The molecule has 0 bridgehead atoms. The number of carbonyl (C=O) groups is 1. The van der Waals surface area contributed by atoms with Crippen LogP contribution < -0.4 is 14.9 Å². The summed E-state index contributed by atoms with van der Waals surface area (Å²) >= 11 is 5.91. The van der Waals surface area contributed by atoms with E-state index in [0.29, 0.717) is 22.9 Å². The van der Waals surface area contributed by atoms with Crippen molar-refractivity contribution < 1.29 is 14.3 Å². The Morgan fingerprint density at radius 3 is 2.57 bits per heavy atom. The van der Waals surface area contributed by atoms with Crippen LogP contribution in [0.1, 0.15) is 21.5 Å². The Labute approximate surface area is 168 Å². The van der Waals surface area contributed by atoms with Crippen LogP contribution in [0.3, 0.4) is 0 Å². The van der Waals surface area contributed by atoms with E-state index in [4.69, 9.17) is 21.1 Å². The molecule has 28 heavy (non-hydrogen) atoms. The van der Waals surface area contributed by atoms with Crippen LogP contribution in [0.4, 0.5) is 0 Å². The smallest absolute Gasteiger partial charge is 0.271 e. The average molecular weight is 395 g/mol. The number of methoxy groups -OCH3 is 1. The Hall–Kier alpha value is -3.31. The van der Waals surface area contributed by atoms with E-state index >= 15 is 0 Å². The van der Waals surface area contributed by atoms with Crippen molar-refractivity contribution in [3.8, 4) is 11.5 Å². The second-order valence-electron chi connectivity index (χ2n) is 5.92. The van der Waals surface area contributed by atoms with Gasteiger partial charge in [0.15, 0.2) is 0 Å². The minimum atomic E-state index is -0.308. The monoisotopic (exact) mass is 394 g/mol. The molecule has 6 heteroatoms. The zero-order valence-corrected chi connectivity index (χ0v) is 16.0. The number of hydrogen-bond acceptors (Lipinski definition) is 4. The van der Waals surface area contributed by atoms with Crippen LogP contribution in [-0.2, 0) is 6.61 Å². The van der Waals surface area contributed by atoms with Gasteiger partial charge in [-0.1, -0.05) is 35.9 Å². The second-order valence-corrected chi connectivity index (χ2v) is 6.36. The molecule has 3 aromatic carbocycles. The molecular weight excluding hydrogens is 376 g/mol. The van der Waals surface area contributed by atoms with Crippen LogP contribution >= 0.6 is 11.6 Å². The highest BCUT2D eigenvalue weighted by Gasteiger charge is 2.05. The summed E-state index contributed by atoms with van der Waals surface area (Å²) in [6.45, 7) is 0.409. The molecule has 0 atom stereocenters. The molecular formula is C22H19ClN2O3. The minimum absolute atomic E-state index is 0.308. The highest BCUT2D eigenvalue weighted by molar-refractivity contribution is 6.30. The number of carbonyl (C=O) groups excluding carboxylic acids is 1. The molecule has 5 nitrogen and oxygen atoms in total. The molecule has 0 saturated carbocycles. The molecule has 1 N–H and O–H groups in total. The zero-order valence-electron chi connectivity index (χ0n) is 15.3. The van der Waals surface area contributed by atoms with E-state index in [2.05, 4.69) is 10.5 Å². The molecule has 0 aliphatic heterocycles. The fourth-order valence-corrected chi connectivity index (χ4v) is 2.65. The van der Waals surface area contributed by atoms with E-state index in [9.17, 15) is 4.79 Å². The van der Waals surface area contributed by atoms with E-state index in [1.54, 1.807) is 43.5 Å². The Morgan fingerprint density at radius 2 is 1.82 bits per heavy atom. The maximum atomic E-state index is 12.2. The number of rotatable bonds is 7. The van der Waals surface area contributed by atoms with Crippen molar-refractivity contribution in [2.24, 2.45) is 5.10 Å². The van der Waals surface area contributed by atoms with E-state index in [1.165, 1.54) is 6.21 Å². The lowest BCUT2D eigenvalue weighted by atomic mass is 10.2. The first-order chi connectivity index (χ1) is 13.6. The molecule has 142 valence electrons. The third-order valence-electron chi connectivity index (χ3n) is 3.88. The lowest BCUT2D eigenvalue weighted by Crippen LogP contribution is -2.17. The van der Waals surface area contributed by atoms with Gasteiger partial charge in [-0.15, -0.1) is 0 Å². The van der Waals surface area contributed by atoms with Crippen LogP contribution in [0.15, 0.2) is 77.9 Å². The Bertz CT molecular complexity index is 972. The van der Waals surface area contributed by atoms with E-state index in [1.807, 2.05) is 36.4 Å². The standard InChI is InChI=1S/C22H19ClN2O3/c1-27-21-7-3-5-17(13-21)15-28-20-10-8-18(9-11-20)22(26)25-24-14-16-4-2-6-19(23)12-16/h2-14H,15H2,1H3,(H,25,26)/b24-14+. The van der Waals surface area contributed by atoms with Crippen molar-refractivity contribution in [1.82, 2.24) is 5.43 Å². The molecule has 3 rings (SSSR count). The molecule has 0 heterocycles. The van der Waals surface area contributed by atoms with E-state index < -0.39 is 0 Å². The molecule has 0 aromatic heterocycles. The Kier molecular flexibility index (Phi) is 6.65. The van der Waals surface area contributed by atoms with Gasteiger partial charge in [-0.25, -0.2) is 5.43 Å². The Balaban J connectivity index is 1.53. The van der Waals surface area contributed by atoms with Crippen molar-refractivity contribution >= 4 is 23.7 Å². The normalized spacial score (nSPS) is 10.6.